The van der Waals surface area contributed by atoms with Crippen LogP contribution in [0.2, 0.25) is 0 Å². The summed E-state index contributed by atoms with van der Waals surface area (Å²) < 4.78 is 10.6. The van der Waals surface area contributed by atoms with Gasteiger partial charge in [0.1, 0.15) is 11.5 Å². The lowest BCUT2D eigenvalue weighted by molar-refractivity contribution is 0.0859. The number of hydrogen-bond acceptors (Lipinski definition) is 4. The van der Waals surface area contributed by atoms with Crippen LogP contribution in [0.1, 0.15) is 12.5 Å². The van der Waals surface area contributed by atoms with Gasteiger partial charge in [0.2, 0.25) is 0 Å². The normalized spacial score (nSPS) is 10.1. The Bertz CT molecular complexity index is 302. The van der Waals surface area contributed by atoms with E-state index >= 15 is 0 Å². The highest BCUT2D eigenvalue weighted by Crippen LogP contribution is 2.24. The number of hydrogen-bond donors (Lipinski definition) is 1. The van der Waals surface area contributed by atoms with Crippen LogP contribution < -0.4 is 15.0 Å². The fourth-order valence-electron chi connectivity index (χ4n) is 1.25. The number of methoxy groups -OCH3 is 1. The summed E-state index contributed by atoms with van der Waals surface area (Å²) in [4.78, 5) is 4.80. The van der Waals surface area contributed by atoms with Crippen LogP contribution in [-0.4, -0.2) is 20.8 Å². The highest BCUT2D eigenvalue weighted by atomic mass is 16.6. The molecule has 0 aliphatic carbocycles. The summed E-state index contributed by atoms with van der Waals surface area (Å²) in [6.07, 6.45) is 0. The maximum atomic E-state index is 5.50. The second-order valence-electron chi connectivity index (χ2n) is 2.93. The molecule has 0 spiro atoms. The van der Waals surface area contributed by atoms with Gasteiger partial charge < -0.3 is 14.3 Å². The first-order valence-corrected chi connectivity index (χ1v) is 4.87. The minimum absolute atomic E-state index is 0.607. The zero-order valence-electron chi connectivity index (χ0n) is 9.37. The van der Waals surface area contributed by atoms with Crippen molar-refractivity contribution < 1.29 is 14.3 Å². The Labute approximate surface area is 90.1 Å². The van der Waals surface area contributed by atoms with E-state index in [2.05, 4.69) is 5.48 Å². The van der Waals surface area contributed by atoms with Gasteiger partial charge in [-0.2, -0.15) is 5.48 Å². The Morgan fingerprint density at radius 3 is 2.67 bits per heavy atom. The van der Waals surface area contributed by atoms with E-state index in [9.17, 15) is 0 Å². The topological polar surface area (TPSA) is 39.7 Å². The summed E-state index contributed by atoms with van der Waals surface area (Å²) in [5.74, 6) is 1.61. The van der Waals surface area contributed by atoms with E-state index in [1.807, 2.05) is 25.1 Å². The van der Waals surface area contributed by atoms with Crippen molar-refractivity contribution in [3.63, 3.8) is 0 Å². The average Bonchev–Trinajstić information content (AvgIpc) is 2.27. The standard InChI is InChI=1S/C11H17NO3/c1-4-15-11-7-10(13-2)6-5-9(11)8-12-14-3/h5-7,12H,4,8H2,1-3H3. The highest BCUT2D eigenvalue weighted by Gasteiger charge is 2.04. The molecule has 1 aromatic carbocycles. The van der Waals surface area contributed by atoms with Crippen LogP contribution in [0.25, 0.3) is 0 Å². The Morgan fingerprint density at radius 2 is 2.07 bits per heavy atom. The zero-order valence-corrected chi connectivity index (χ0v) is 9.37. The minimum Gasteiger partial charge on any atom is -0.497 e. The monoisotopic (exact) mass is 211 g/mol. The molecule has 0 bridgehead atoms. The lowest BCUT2D eigenvalue weighted by Crippen LogP contribution is -2.12. The van der Waals surface area contributed by atoms with E-state index in [4.69, 9.17) is 14.3 Å². The summed E-state index contributed by atoms with van der Waals surface area (Å²) in [5.41, 5.74) is 3.82. The predicted octanol–water partition coefficient (Wildman–Crippen LogP) is 1.74. The second-order valence-corrected chi connectivity index (χ2v) is 2.93. The molecule has 1 N–H and O–H groups in total. The molecular formula is C11H17NO3. The molecule has 0 aliphatic heterocycles. The van der Waals surface area contributed by atoms with E-state index in [1.165, 1.54) is 0 Å². The molecule has 0 amide bonds. The molecule has 0 unspecified atom stereocenters. The SMILES string of the molecule is CCOc1cc(OC)ccc1CNOC. The lowest BCUT2D eigenvalue weighted by Gasteiger charge is -2.11. The van der Waals surface area contributed by atoms with Gasteiger partial charge in [0, 0.05) is 18.2 Å². The number of hydroxylamine groups is 1. The Morgan fingerprint density at radius 1 is 1.27 bits per heavy atom. The molecule has 0 aliphatic rings. The molecule has 0 aromatic heterocycles. The van der Waals surface area contributed by atoms with Gasteiger partial charge >= 0.3 is 0 Å². The lowest BCUT2D eigenvalue weighted by atomic mass is 10.2. The summed E-state index contributed by atoms with van der Waals surface area (Å²) >= 11 is 0. The predicted molar refractivity (Wildman–Crippen MR) is 58.0 cm³/mol. The van der Waals surface area contributed by atoms with Crippen LogP contribution in [0.4, 0.5) is 0 Å². The molecule has 0 saturated carbocycles. The molecule has 0 radical (unpaired) electrons. The third-order valence-electron chi connectivity index (χ3n) is 1.98. The maximum absolute atomic E-state index is 5.50. The molecular weight excluding hydrogens is 194 g/mol. The Hall–Kier alpha value is -1.26. The zero-order chi connectivity index (χ0) is 11.1. The van der Waals surface area contributed by atoms with Crippen LogP contribution in [0.15, 0.2) is 18.2 Å². The van der Waals surface area contributed by atoms with Gasteiger partial charge in [0.25, 0.3) is 0 Å². The van der Waals surface area contributed by atoms with Gasteiger partial charge in [-0.15, -0.1) is 0 Å². The largest absolute Gasteiger partial charge is 0.497 e. The van der Waals surface area contributed by atoms with Crippen molar-refractivity contribution in [3.05, 3.63) is 23.8 Å². The fourth-order valence-corrected chi connectivity index (χ4v) is 1.25. The number of benzene rings is 1. The summed E-state index contributed by atoms with van der Waals surface area (Å²) in [6, 6.07) is 5.72. The highest BCUT2D eigenvalue weighted by molar-refractivity contribution is 5.40. The van der Waals surface area contributed by atoms with Crippen molar-refractivity contribution >= 4 is 0 Å². The van der Waals surface area contributed by atoms with Crippen molar-refractivity contribution in [2.45, 2.75) is 13.5 Å². The van der Waals surface area contributed by atoms with Crippen LogP contribution in [0.5, 0.6) is 11.5 Å². The third-order valence-corrected chi connectivity index (χ3v) is 1.98. The van der Waals surface area contributed by atoms with Crippen molar-refractivity contribution in [3.8, 4) is 11.5 Å². The molecule has 0 atom stereocenters. The van der Waals surface area contributed by atoms with Crippen molar-refractivity contribution in [1.29, 1.82) is 0 Å². The molecule has 0 fully saturated rings. The fraction of sp³-hybridized carbons (Fsp3) is 0.455. The van der Waals surface area contributed by atoms with E-state index in [1.54, 1.807) is 14.2 Å². The third kappa shape index (κ3) is 3.42. The Kier molecular flexibility index (Phi) is 4.93. The smallest absolute Gasteiger partial charge is 0.127 e. The van der Waals surface area contributed by atoms with E-state index < -0.39 is 0 Å². The molecule has 1 aromatic rings. The van der Waals surface area contributed by atoms with Gasteiger partial charge in [-0.3, -0.25) is 0 Å². The number of nitrogens with one attached hydrogen (secondary N) is 1. The van der Waals surface area contributed by atoms with Crippen molar-refractivity contribution in [2.24, 2.45) is 0 Å². The van der Waals surface area contributed by atoms with Gasteiger partial charge in [-0.05, 0) is 13.0 Å². The van der Waals surface area contributed by atoms with Crippen LogP contribution in [-0.2, 0) is 11.4 Å². The average molecular weight is 211 g/mol. The second kappa shape index (κ2) is 6.27. The van der Waals surface area contributed by atoms with Crippen molar-refractivity contribution in [1.82, 2.24) is 5.48 Å². The molecule has 0 heterocycles. The molecule has 1 rings (SSSR count). The first kappa shape index (κ1) is 11.8. The first-order valence-electron chi connectivity index (χ1n) is 4.87. The Balaban J connectivity index is 2.82. The minimum atomic E-state index is 0.607. The number of ether oxygens (including phenoxy) is 2. The summed E-state index contributed by atoms with van der Waals surface area (Å²) in [7, 11) is 3.22. The number of rotatable bonds is 6. The summed E-state index contributed by atoms with van der Waals surface area (Å²) in [5, 5.41) is 0. The van der Waals surface area contributed by atoms with E-state index in [0.717, 1.165) is 17.1 Å². The van der Waals surface area contributed by atoms with Crippen LogP contribution in [0, 0.1) is 0 Å². The van der Waals surface area contributed by atoms with E-state index in [0.29, 0.717) is 13.2 Å². The van der Waals surface area contributed by atoms with Gasteiger partial charge in [-0.25, -0.2) is 0 Å². The molecule has 84 valence electrons. The van der Waals surface area contributed by atoms with Crippen LogP contribution >= 0.6 is 0 Å². The van der Waals surface area contributed by atoms with Gasteiger partial charge in [-0.1, -0.05) is 6.07 Å². The van der Waals surface area contributed by atoms with E-state index in [-0.39, 0.29) is 0 Å². The quantitative estimate of drug-likeness (QED) is 0.728. The molecule has 15 heavy (non-hydrogen) atoms. The molecule has 4 nitrogen and oxygen atoms in total. The first-order chi connectivity index (χ1) is 7.31. The van der Waals surface area contributed by atoms with Crippen molar-refractivity contribution in [2.75, 3.05) is 20.8 Å². The molecule has 4 heteroatoms. The molecule has 0 saturated heterocycles. The van der Waals surface area contributed by atoms with Crippen LogP contribution in [0.3, 0.4) is 0 Å². The van der Waals surface area contributed by atoms with Gasteiger partial charge in [0.15, 0.2) is 0 Å². The summed E-state index contributed by atoms with van der Waals surface area (Å²) in [6.45, 7) is 3.19. The maximum Gasteiger partial charge on any atom is 0.127 e. The van der Waals surface area contributed by atoms with Gasteiger partial charge in [0.05, 0.1) is 20.8 Å².